The van der Waals surface area contributed by atoms with Crippen LogP contribution in [-0.4, -0.2) is 48.4 Å². The van der Waals surface area contributed by atoms with Crippen molar-refractivity contribution in [2.24, 2.45) is 0 Å². The normalized spacial score (nSPS) is 17.0. The van der Waals surface area contributed by atoms with Crippen LogP contribution in [0, 0.1) is 0 Å². The molecule has 1 amide bonds. The van der Waals surface area contributed by atoms with Crippen molar-refractivity contribution in [2.75, 3.05) is 24.5 Å². The predicted octanol–water partition coefficient (Wildman–Crippen LogP) is 3.11. The number of carbonyl (C=O) groups excluding carboxylic acids is 1. The molecule has 0 radical (unpaired) electrons. The molecule has 0 atom stereocenters. The maximum Gasteiger partial charge on any atom is 0.280 e. The number of anilines is 1. The van der Waals surface area contributed by atoms with Gasteiger partial charge in [-0.25, -0.2) is 8.42 Å². The minimum atomic E-state index is -3.50. The van der Waals surface area contributed by atoms with E-state index in [2.05, 4.69) is 10.1 Å². The van der Waals surface area contributed by atoms with Gasteiger partial charge < -0.3 is 9.42 Å². The highest BCUT2D eigenvalue weighted by Crippen LogP contribution is 2.33. The molecule has 31 heavy (non-hydrogen) atoms. The fraction of sp³-hybridized carbons (Fsp3) is 0.318. The van der Waals surface area contributed by atoms with Gasteiger partial charge in [-0.3, -0.25) is 9.78 Å². The molecule has 3 aromatic rings. The molecule has 0 unspecified atom stereocenters. The Balaban J connectivity index is 1.39. The number of rotatable bonds is 4. The second-order valence-corrected chi connectivity index (χ2v) is 9.72. The zero-order valence-electron chi connectivity index (χ0n) is 16.9. The van der Waals surface area contributed by atoms with E-state index in [1.54, 1.807) is 51.9 Å². The summed E-state index contributed by atoms with van der Waals surface area (Å²) in [6, 6.07) is 10.2. The number of carbonyl (C=O) groups is 1. The zero-order valence-corrected chi connectivity index (χ0v) is 17.7. The first-order chi connectivity index (χ1) is 15.0. The van der Waals surface area contributed by atoms with Gasteiger partial charge in [-0.05, 0) is 55.2 Å². The molecule has 5 rings (SSSR count). The van der Waals surface area contributed by atoms with E-state index in [-0.39, 0.29) is 11.6 Å². The fourth-order valence-electron chi connectivity index (χ4n) is 4.16. The van der Waals surface area contributed by atoms with Crippen molar-refractivity contribution in [1.82, 2.24) is 14.4 Å². The predicted molar refractivity (Wildman–Crippen MR) is 114 cm³/mol. The highest BCUT2D eigenvalue weighted by molar-refractivity contribution is 7.89. The average Bonchev–Trinajstić information content (AvgIpc) is 3.47. The summed E-state index contributed by atoms with van der Waals surface area (Å²) in [7, 11) is -3.50. The molecule has 1 saturated heterocycles. The van der Waals surface area contributed by atoms with E-state index in [1.165, 1.54) is 0 Å². The first kappa shape index (κ1) is 19.9. The van der Waals surface area contributed by atoms with Crippen molar-refractivity contribution in [1.29, 1.82) is 0 Å². The van der Waals surface area contributed by atoms with Gasteiger partial charge in [0.05, 0.1) is 4.90 Å². The van der Waals surface area contributed by atoms with Gasteiger partial charge in [-0.2, -0.15) is 4.31 Å². The van der Waals surface area contributed by atoms with Crippen LogP contribution < -0.4 is 4.90 Å². The molecule has 9 heteroatoms. The molecule has 0 bridgehead atoms. The zero-order chi connectivity index (χ0) is 21.4. The van der Waals surface area contributed by atoms with Gasteiger partial charge in [0.15, 0.2) is 11.5 Å². The van der Waals surface area contributed by atoms with Crippen molar-refractivity contribution < 1.29 is 17.7 Å². The SMILES string of the molecule is O=C(c1cc(-c2cccnc2)on1)N1CCc2cc(S(=O)(=O)N3CCCCC3)ccc21. The Bertz CT molecular complexity index is 1220. The summed E-state index contributed by atoms with van der Waals surface area (Å²) in [5.41, 5.74) is 2.51. The second kappa shape index (κ2) is 7.90. The molecule has 2 aliphatic rings. The monoisotopic (exact) mass is 438 g/mol. The molecule has 8 nitrogen and oxygen atoms in total. The Labute approximate surface area is 180 Å². The number of nitrogens with zero attached hydrogens (tertiary/aromatic N) is 4. The highest BCUT2D eigenvalue weighted by Gasteiger charge is 2.31. The molecule has 160 valence electrons. The lowest BCUT2D eigenvalue weighted by Crippen LogP contribution is -2.35. The quantitative estimate of drug-likeness (QED) is 0.621. The first-order valence-corrected chi connectivity index (χ1v) is 11.8. The number of benzene rings is 1. The van der Waals surface area contributed by atoms with Gasteiger partial charge in [0.1, 0.15) is 0 Å². The molecular formula is C22H22N4O4S. The molecule has 0 spiro atoms. The van der Waals surface area contributed by atoms with Crippen LogP contribution >= 0.6 is 0 Å². The van der Waals surface area contributed by atoms with Gasteiger partial charge in [0.2, 0.25) is 10.0 Å². The molecular weight excluding hydrogens is 416 g/mol. The van der Waals surface area contributed by atoms with E-state index in [1.807, 2.05) is 6.07 Å². The fourth-order valence-corrected chi connectivity index (χ4v) is 5.73. The smallest absolute Gasteiger partial charge is 0.280 e. The number of pyridine rings is 1. The second-order valence-electron chi connectivity index (χ2n) is 7.78. The van der Waals surface area contributed by atoms with Crippen molar-refractivity contribution >= 4 is 21.6 Å². The summed E-state index contributed by atoms with van der Waals surface area (Å²) in [5, 5.41) is 3.93. The first-order valence-electron chi connectivity index (χ1n) is 10.4. The number of fused-ring (bicyclic) bond motifs is 1. The number of hydrogen-bond donors (Lipinski definition) is 0. The summed E-state index contributed by atoms with van der Waals surface area (Å²) < 4.78 is 32.8. The van der Waals surface area contributed by atoms with Gasteiger partial charge >= 0.3 is 0 Å². The third-order valence-corrected chi connectivity index (χ3v) is 7.71. The van der Waals surface area contributed by atoms with Crippen LogP contribution in [0.3, 0.4) is 0 Å². The highest BCUT2D eigenvalue weighted by atomic mass is 32.2. The van der Waals surface area contributed by atoms with Gasteiger partial charge in [-0.15, -0.1) is 0 Å². The van der Waals surface area contributed by atoms with E-state index in [4.69, 9.17) is 4.52 Å². The van der Waals surface area contributed by atoms with E-state index < -0.39 is 10.0 Å². The Hall–Kier alpha value is -3.04. The lowest BCUT2D eigenvalue weighted by Gasteiger charge is -2.26. The maximum atomic E-state index is 13.0. The Morgan fingerprint density at radius 2 is 1.87 bits per heavy atom. The van der Waals surface area contributed by atoms with Crippen LogP contribution in [0.5, 0.6) is 0 Å². The van der Waals surface area contributed by atoms with Crippen LogP contribution in [0.2, 0.25) is 0 Å². The maximum absolute atomic E-state index is 13.0. The summed E-state index contributed by atoms with van der Waals surface area (Å²) in [4.78, 5) is 19.0. The van der Waals surface area contributed by atoms with Crippen molar-refractivity contribution in [2.45, 2.75) is 30.6 Å². The van der Waals surface area contributed by atoms with E-state index >= 15 is 0 Å². The number of amides is 1. The lowest BCUT2D eigenvalue weighted by molar-refractivity contribution is 0.0980. The Morgan fingerprint density at radius 1 is 1.03 bits per heavy atom. The summed E-state index contributed by atoms with van der Waals surface area (Å²) in [6.07, 6.45) is 6.75. The minimum Gasteiger partial charge on any atom is -0.355 e. The third-order valence-electron chi connectivity index (χ3n) is 5.82. The lowest BCUT2D eigenvalue weighted by atomic mass is 10.2. The molecule has 0 saturated carbocycles. The molecule has 0 aliphatic carbocycles. The summed E-state index contributed by atoms with van der Waals surface area (Å²) >= 11 is 0. The topological polar surface area (TPSA) is 96.6 Å². The molecule has 1 aromatic carbocycles. The summed E-state index contributed by atoms with van der Waals surface area (Å²) in [6.45, 7) is 1.60. The largest absolute Gasteiger partial charge is 0.355 e. The van der Waals surface area contributed by atoms with E-state index in [9.17, 15) is 13.2 Å². The van der Waals surface area contributed by atoms with Crippen molar-refractivity contribution in [3.63, 3.8) is 0 Å². The van der Waals surface area contributed by atoms with E-state index in [0.29, 0.717) is 42.4 Å². The number of sulfonamides is 1. The molecule has 2 aromatic heterocycles. The van der Waals surface area contributed by atoms with Crippen LogP contribution in [0.4, 0.5) is 5.69 Å². The third kappa shape index (κ3) is 3.64. The molecule has 1 fully saturated rings. The number of piperidine rings is 1. The summed E-state index contributed by atoms with van der Waals surface area (Å²) in [5.74, 6) is 0.197. The standard InChI is InChI=1S/C22H22N4O4S/c27-22(19-14-21(30-24-19)17-5-4-9-23-15-17)26-12-8-16-13-18(6-7-20(16)26)31(28,29)25-10-2-1-3-11-25/h4-7,9,13-15H,1-3,8,10-12H2. The number of aromatic nitrogens is 2. The van der Waals surface area contributed by atoms with Gasteiger partial charge in [0.25, 0.3) is 5.91 Å². The van der Waals surface area contributed by atoms with Crippen molar-refractivity contribution in [3.05, 3.63) is 60.0 Å². The van der Waals surface area contributed by atoms with E-state index in [0.717, 1.165) is 30.4 Å². The molecule has 4 heterocycles. The van der Waals surface area contributed by atoms with Crippen LogP contribution in [0.25, 0.3) is 11.3 Å². The van der Waals surface area contributed by atoms with Gasteiger partial charge in [0, 0.05) is 49.3 Å². The van der Waals surface area contributed by atoms with Crippen LogP contribution in [0.15, 0.2) is 58.2 Å². The molecule has 2 aliphatic heterocycles. The Morgan fingerprint density at radius 3 is 2.65 bits per heavy atom. The number of hydrogen-bond acceptors (Lipinski definition) is 6. The van der Waals surface area contributed by atoms with Crippen LogP contribution in [-0.2, 0) is 16.4 Å². The van der Waals surface area contributed by atoms with Crippen molar-refractivity contribution in [3.8, 4) is 11.3 Å². The molecule has 0 N–H and O–H groups in total. The average molecular weight is 439 g/mol. The Kier molecular flexibility index (Phi) is 5.07. The van der Waals surface area contributed by atoms with Crippen LogP contribution in [0.1, 0.15) is 35.3 Å². The van der Waals surface area contributed by atoms with Gasteiger partial charge in [-0.1, -0.05) is 11.6 Å². The minimum absolute atomic E-state index is 0.205.